The van der Waals surface area contributed by atoms with Gasteiger partial charge in [-0.25, -0.2) is 0 Å². The highest BCUT2D eigenvalue weighted by Gasteiger charge is 2.22. The molecule has 0 aromatic heterocycles. The summed E-state index contributed by atoms with van der Waals surface area (Å²) in [6, 6.07) is -0.516. The first-order chi connectivity index (χ1) is 6.61. The molecule has 1 fully saturated rings. The molecule has 1 rings (SSSR count). The van der Waals surface area contributed by atoms with Crippen LogP contribution in [-0.2, 0) is 9.59 Å². The van der Waals surface area contributed by atoms with Crippen molar-refractivity contribution < 1.29 is 9.59 Å². The third-order valence-electron chi connectivity index (χ3n) is 2.58. The van der Waals surface area contributed by atoms with Gasteiger partial charge in [0.15, 0.2) is 0 Å². The van der Waals surface area contributed by atoms with Gasteiger partial charge in [0.1, 0.15) is 0 Å². The minimum Gasteiger partial charge on any atom is -0.347 e. The zero-order valence-corrected chi connectivity index (χ0v) is 8.58. The zero-order valence-electron chi connectivity index (χ0n) is 8.58. The van der Waals surface area contributed by atoms with E-state index in [4.69, 9.17) is 5.73 Å². The monoisotopic (exact) mass is 198 g/mol. The molecule has 1 aliphatic rings. The van der Waals surface area contributed by atoms with Crippen molar-refractivity contribution in [3.8, 4) is 0 Å². The molecule has 80 valence electrons. The number of amides is 1. The Bertz CT molecular complexity index is 220. The van der Waals surface area contributed by atoms with Gasteiger partial charge in [-0.2, -0.15) is 0 Å². The zero-order chi connectivity index (χ0) is 10.6. The van der Waals surface area contributed by atoms with Crippen LogP contribution in [-0.4, -0.2) is 23.8 Å². The summed E-state index contributed by atoms with van der Waals surface area (Å²) in [5, 5.41) is 2.73. The smallest absolute Gasteiger partial charge is 0.289 e. The van der Waals surface area contributed by atoms with E-state index in [2.05, 4.69) is 5.32 Å². The molecule has 0 aromatic carbocycles. The van der Waals surface area contributed by atoms with Crippen LogP contribution in [0.25, 0.3) is 0 Å². The first-order valence-electron chi connectivity index (χ1n) is 5.21. The Balaban J connectivity index is 2.35. The fraction of sp³-hybridized carbons (Fsp3) is 0.800. The summed E-state index contributed by atoms with van der Waals surface area (Å²) in [5.41, 5.74) is 5.33. The number of rotatable bonds is 3. The van der Waals surface area contributed by atoms with Crippen molar-refractivity contribution in [3.63, 3.8) is 0 Å². The highest BCUT2D eigenvalue weighted by atomic mass is 16.2. The topological polar surface area (TPSA) is 72.2 Å². The van der Waals surface area contributed by atoms with Crippen molar-refractivity contribution in [3.05, 3.63) is 0 Å². The third kappa shape index (κ3) is 3.10. The Morgan fingerprint density at radius 1 is 1.29 bits per heavy atom. The van der Waals surface area contributed by atoms with Crippen LogP contribution in [0.1, 0.15) is 39.0 Å². The van der Waals surface area contributed by atoms with Crippen LogP contribution in [0.2, 0.25) is 0 Å². The highest BCUT2D eigenvalue weighted by molar-refractivity contribution is 6.38. The van der Waals surface area contributed by atoms with Gasteiger partial charge in [-0.1, -0.05) is 19.3 Å². The van der Waals surface area contributed by atoms with Gasteiger partial charge < -0.3 is 11.1 Å². The molecule has 0 bridgehead atoms. The number of carbonyl (C=O) groups is 2. The van der Waals surface area contributed by atoms with Gasteiger partial charge in [-0.05, 0) is 19.8 Å². The summed E-state index contributed by atoms with van der Waals surface area (Å²) in [5.74, 6) is -1.04. The van der Waals surface area contributed by atoms with Crippen LogP contribution < -0.4 is 11.1 Å². The highest BCUT2D eigenvalue weighted by Crippen LogP contribution is 2.17. The summed E-state index contributed by atoms with van der Waals surface area (Å²) in [7, 11) is 0. The summed E-state index contributed by atoms with van der Waals surface area (Å²) < 4.78 is 0. The number of Topliss-reactive ketones (excluding diaryl/α,β-unsaturated/α-hetero) is 1. The predicted molar refractivity (Wildman–Crippen MR) is 53.7 cm³/mol. The number of hydrogen-bond acceptors (Lipinski definition) is 3. The van der Waals surface area contributed by atoms with E-state index in [-0.39, 0.29) is 6.04 Å². The van der Waals surface area contributed by atoms with Gasteiger partial charge in [0.05, 0.1) is 6.04 Å². The fourth-order valence-corrected chi connectivity index (χ4v) is 1.71. The van der Waals surface area contributed by atoms with Crippen molar-refractivity contribution in [2.24, 2.45) is 5.73 Å². The van der Waals surface area contributed by atoms with Gasteiger partial charge >= 0.3 is 0 Å². The number of ketones is 1. The van der Waals surface area contributed by atoms with E-state index < -0.39 is 17.7 Å². The maximum atomic E-state index is 11.3. The van der Waals surface area contributed by atoms with E-state index >= 15 is 0 Å². The lowest BCUT2D eigenvalue weighted by molar-refractivity contribution is -0.139. The van der Waals surface area contributed by atoms with Crippen LogP contribution in [0.5, 0.6) is 0 Å². The maximum Gasteiger partial charge on any atom is 0.289 e. The molecular formula is C10H18N2O2. The minimum absolute atomic E-state index is 0.180. The van der Waals surface area contributed by atoms with Crippen LogP contribution in [0.15, 0.2) is 0 Å². The molecule has 0 aliphatic heterocycles. The Morgan fingerprint density at radius 3 is 2.36 bits per heavy atom. The lowest BCUT2D eigenvalue weighted by Gasteiger charge is -2.22. The van der Waals surface area contributed by atoms with E-state index in [1.54, 1.807) is 0 Å². The largest absolute Gasteiger partial charge is 0.347 e. The molecule has 4 nitrogen and oxygen atoms in total. The molecule has 0 aromatic rings. The number of carbonyl (C=O) groups excluding carboxylic acids is 2. The van der Waals surface area contributed by atoms with E-state index in [1.807, 2.05) is 0 Å². The molecule has 0 radical (unpaired) electrons. The Labute approximate surface area is 84.2 Å². The summed E-state index contributed by atoms with van der Waals surface area (Å²) in [4.78, 5) is 22.5. The summed E-state index contributed by atoms with van der Waals surface area (Å²) in [6.45, 7) is 1.53. The maximum absolute atomic E-state index is 11.3. The average Bonchev–Trinajstić information content (AvgIpc) is 2.18. The lowest BCUT2D eigenvalue weighted by atomic mass is 9.95. The molecule has 3 N–H and O–H groups in total. The van der Waals surface area contributed by atoms with E-state index in [1.165, 1.54) is 13.3 Å². The van der Waals surface area contributed by atoms with Gasteiger partial charge in [0.25, 0.3) is 5.91 Å². The molecule has 1 atom stereocenters. The quantitative estimate of drug-likeness (QED) is 0.643. The van der Waals surface area contributed by atoms with E-state index in [9.17, 15) is 9.59 Å². The SMILES string of the molecule is C[C@H](N)C(=O)C(=O)NC1CCCCC1. The van der Waals surface area contributed by atoms with Crippen LogP contribution >= 0.6 is 0 Å². The van der Waals surface area contributed by atoms with Crippen LogP contribution in [0.4, 0.5) is 0 Å². The number of nitrogens with one attached hydrogen (secondary N) is 1. The van der Waals surface area contributed by atoms with Crippen molar-refractivity contribution in [1.82, 2.24) is 5.32 Å². The molecule has 0 spiro atoms. The number of nitrogens with two attached hydrogens (primary N) is 1. The normalized spacial score (nSPS) is 20.1. The Kier molecular flexibility index (Phi) is 4.07. The third-order valence-corrected chi connectivity index (χ3v) is 2.58. The minimum atomic E-state index is -0.696. The molecule has 14 heavy (non-hydrogen) atoms. The molecule has 0 unspecified atom stereocenters. The Hall–Kier alpha value is -0.900. The second kappa shape index (κ2) is 5.10. The predicted octanol–water partition coefficient (Wildman–Crippen LogP) is 0.352. The fourth-order valence-electron chi connectivity index (χ4n) is 1.71. The first-order valence-corrected chi connectivity index (χ1v) is 5.21. The molecule has 0 saturated heterocycles. The molecule has 1 aliphatic carbocycles. The van der Waals surface area contributed by atoms with E-state index in [0.29, 0.717) is 0 Å². The molecule has 4 heteroatoms. The molecule has 1 saturated carbocycles. The van der Waals surface area contributed by atoms with Crippen molar-refractivity contribution in [1.29, 1.82) is 0 Å². The van der Waals surface area contributed by atoms with Crippen LogP contribution in [0.3, 0.4) is 0 Å². The van der Waals surface area contributed by atoms with Crippen molar-refractivity contribution >= 4 is 11.7 Å². The molecular weight excluding hydrogens is 180 g/mol. The second-order valence-electron chi connectivity index (χ2n) is 3.96. The van der Waals surface area contributed by atoms with Gasteiger partial charge in [0, 0.05) is 6.04 Å². The van der Waals surface area contributed by atoms with Gasteiger partial charge in [-0.3, -0.25) is 9.59 Å². The standard InChI is InChI=1S/C10H18N2O2/c1-7(11)9(13)10(14)12-8-5-3-2-4-6-8/h7-8H,2-6,11H2,1H3,(H,12,14)/t7-/m0/s1. The number of hydrogen-bond donors (Lipinski definition) is 2. The lowest BCUT2D eigenvalue weighted by Crippen LogP contribution is -2.45. The van der Waals surface area contributed by atoms with Gasteiger partial charge in [0.2, 0.25) is 5.78 Å². The first kappa shape index (κ1) is 11.2. The second-order valence-corrected chi connectivity index (χ2v) is 3.96. The van der Waals surface area contributed by atoms with Crippen molar-refractivity contribution in [2.75, 3.05) is 0 Å². The van der Waals surface area contributed by atoms with Crippen LogP contribution in [0, 0.1) is 0 Å². The average molecular weight is 198 g/mol. The Morgan fingerprint density at radius 2 is 1.86 bits per heavy atom. The molecule has 1 amide bonds. The molecule has 0 heterocycles. The summed E-state index contributed by atoms with van der Waals surface area (Å²) in [6.07, 6.45) is 5.47. The van der Waals surface area contributed by atoms with Gasteiger partial charge in [-0.15, -0.1) is 0 Å². The summed E-state index contributed by atoms with van der Waals surface area (Å²) >= 11 is 0. The van der Waals surface area contributed by atoms with E-state index in [0.717, 1.165) is 25.7 Å². The van der Waals surface area contributed by atoms with Crippen molar-refractivity contribution in [2.45, 2.75) is 51.1 Å².